The number of nitrogens with zero attached hydrogens (tertiary/aromatic N) is 1. The van der Waals surface area contributed by atoms with Crippen molar-refractivity contribution < 1.29 is 10.0 Å². The van der Waals surface area contributed by atoms with Crippen LogP contribution in [0.3, 0.4) is 0 Å². The molecular formula is C17H28N2O2. The minimum atomic E-state index is -0.243. The second-order valence-corrected chi connectivity index (χ2v) is 8.24. The molecule has 2 N–H and O–H groups in total. The number of urea groups is 1. The van der Waals surface area contributed by atoms with E-state index >= 15 is 0 Å². The van der Waals surface area contributed by atoms with E-state index in [1.54, 1.807) is 0 Å². The lowest BCUT2D eigenvalue weighted by Crippen LogP contribution is -2.62. The van der Waals surface area contributed by atoms with Gasteiger partial charge in [-0.2, -0.15) is 0 Å². The molecule has 0 radical (unpaired) electrons. The Hall–Kier alpha value is -0.770. The molecule has 4 nitrogen and oxygen atoms in total. The number of hydrogen-bond acceptors (Lipinski definition) is 2. The zero-order valence-corrected chi connectivity index (χ0v) is 12.9. The van der Waals surface area contributed by atoms with Crippen molar-refractivity contribution >= 4 is 6.03 Å². The smallest absolute Gasteiger partial charge is 0.333 e. The van der Waals surface area contributed by atoms with Gasteiger partial charge in [0.2, 0.25) is 0 Å². The van der Waals surface area contributed by atoms with Crippen LogP contribution in [0.5, 0.6) is 0 Å². The second kappa shape index (κ2) is 5.15. The largest absolute Gasteiger partial charge is 0.341 e. The molecule has 118 valence electrons. The maximum atomic E-state index is 12.5. The highest BCUT2D eigenvalue weighted by molar-refractivity contribution is 5.74. The van der Waals surface area contributed by atoms with Crippen molar-refractivity contribution in [3.8, 4) is 0 Å². The lowest BCUT2D eigenvalue weighted by Gasteiger charge is -2.58. The van der Waals surface area contributed by atoms with Crippen molar-refractivity contribution in [1.29, 1.82) is 0 Å². The maximum Gasteiger partial charge on any atom is 0.341 e. The summed E-state index contributed by atoms with van der Waals surface area (Å²) in [5, 5.41) is 14.8. The highest BCUT2D eigenvalue weighted by Crippen LogP contribution is 2.57. The average Bonchev–Trinajstić information content (AvgIpc) is 2.46. The van der Waals surface area contributed by atoms with Crippen LogP contribution in [-0.2, 0) is 0 Å². The molecule has 5 saturated carbocycles. The molecule has 0 aromatic carbocycles. The average molecular weight is 292 g/mol. The molecule has 4 heteroatoms. The summed E-state index contributed by atoms with van der Waals surface area (Å²) < 4.78 is 0. The van der Waals surface area contributed by atoms with Crippen molar-refractivity contribution in [2.45, 2.75) is 82.2 Å². The van der Waals surface area contributed by atoms with Gasteiger partial charge in [-0.15, -0.1) is 0 Å². The number of hydroxylamine groups is 2. The van der Waals surface area contributed by atoms with Gasteiger partial charge in [0, 0.05) is 6.04 Å². The summed E-state index contributed by atoms with van der Waals surface area (Å²) in [5.74, 6) is 2.23. The van der Waals surface area contributed by atoms with Gasteiger partial charge in [0.15, 0.2) is 0 Å². The second-order valence-electron chi connectivity index (χ2n) is 8.24. The molecule has 2 amide bonds. The van der Waals surface area contributed by atoms with Gasteiger partial charge < -0.3 is 5.32 Å². The monoisotopic (exact) mass is 292 g/mol. The van der Waals surface area contributed by atoms with E-state index in [2.05, 4.69) is 5.32 Å². The standard InChI is InChI=1S/C17H28N2O2/c20-16(18-15-4-2-1-3-5-15)19(21)17-9-12-6-13(10-17)8-14(7-12)11-17/h12-15,21H,1-11H2,(H,18,20). The Morgan fingerprint density at radius 2 is 1.48 bits per heavy atom. The Bertz CT molecular complexity index is 382. The highest BCUT2D eigenvalue weighted by Gasteiger charge is 2.55. The summed E-state index contributed by atoms with van der Waals surface area (Å²) >= 11 is 0. The van der Waals surface area contributed by atoms with E-state index < -0.39 is 0 Å². The normalized spacial score (nSPS) is 42.0. The predicted octanol–water partition coefficient (Wildman–Crippen LogP) is 3.69. The van der Waals surface area contributed by atoms with Crippen molar-refractivity contribution in [3.63, 3.8) is 0 Å². The summed E-state index contributed by atoms with van der Waals surface area (Å²) in [4.78, 5) is 12.5. The minimum Gasteiger partial charge on any atom is -0.333 e. The molecule has 0 atom stereocenters. The summed E-state index contributed by atoms with van der Waals surface area (Å²) in [6, 6.07) is 0.0404. The molecule has 0 aliphatic heterocycles. The highest BCUT2D eigenvalue weighted by atomic mass is 16.5. The number of hydrogen-bond donors (Lipinski definition) is 2. The third kappa shape index (κ3) is 2.45. The molecule has 4 bridgehead atoms. The van der Waals surface area contributed by atoms with Gasteiger partial charge in [-0.3, -0.25) is 5.21 Å². The third-order valence-corrected chi connectivity index (χ3v) is 6.58. The number of amides is 2. The molecule has 0 aromatic rings. The van der Waals surface area contributed by atoms with Crippen molar-refractivity contribution in [2.24, 2.45) is 17.8 Å². The molecule has 5 fully saturated rings. The van der Waals surface area contributed by atoms with Crippen LogP contribution in [0, 0.1) is 17.8 Å². The quantitative estimate of drug-likeness (QED) is 0.602. The van der Waals surface area contributed by atoms with Gasteiger partial charge in [0.05, 0.1) is 5.54 Å². The molecule has 0 saturated heterocycles. The topological polar surface area (TPSA) is 52.6 Å². The summed E-state index contributed by atoms with van der Waals surface area (Å²) in [5.41, 5.74) is -0.243. The van der Waals surface area contributed by atoms with Gasteiger partial charge >= 0.3 is 6.03 Å². The molecule has 5 aliphatic rings. The van der Waals surface area contributed by atoms with Gasteiger partial charge in [-0.25, -0.2) is 9.86 Å². The Kier molecular flexibility index (Phi) is 3.40. The Morgan fingerprint density at radius 3 is 2.00 bits per heavy atom. The van der Waals surface area contributed by atoms with E-state index in [0.29, 0.717) is 0 Å². The Labute approximate surface area is 127 Å². The molecule has 5 rings (SSSR count). The van der Waals surface area contributed by atoms with Crippen LogP contribution in [0.25, 0.3) is 0 Å². The first-order valence-corrected chi connectivity index (χ1v) is 8.94. The number of rotatable bonds is 2. The van der Waals surface area contributed by atoms with Crippen LogP contribution < -0.4 is 5.32 Å². The Morgan fingerprint density at radius 1 is 0.952 bits per heavy atom. The van der Waals surface area contributed by atoms with Gasteiger partial charge in [-0.05, 0) is 69.1 Å². The molecule has 0 aromatic heterocycles. The fourth-order valence-electron chi connectivity index (χ4n) is 6.02. The lowest BCUT2D eigenvalue weighted by molar-refractivity contribution is -0.191. The summed E-state index contributed by atoms with van der Waals surface area (Å²) in [6.07, 6.45) is 12.9. The molecular weight excluding hydrogens is 264 g/mol. The number of carbonyl (C=O) groups excluding carboxylic acids is 1. The van der Waals surface area contributed by atoms with E-state index in [1.165, 1.54) is 38.5 Å². The van der Waals surface area contributed by atoms with Crippen LogP contribution in [-0.4, -0.2) is 27.9 Å². The summed E-state index contributed by atoms with van der Waals surface area (Å²) in [7, 11) is 0. The SMILES string of the molecule is O=C(NC1CCCCC1)N(O)C12CC3CC(CC(C3)C1)C2. The lowest BCUT2D eigenvalue weighted by atomic mass is 9.53. The van der Waals surface area contributed by atoms with E-state index in [4.69, 9.17) is 0 Å². The first-order valence-electron chi connectivity index (χ1n) is 8.94. The van der Waals surface area contributed by atoms with Gasteiger partial charge in [0.25, 0.3) is 0 Å². The Balaban J connectivity index is 1.44. The number of nitrogens with one attached hydrogen (secondary N) is 1. The summed E-state index contributed by atoms with van der Waals surface area (Å²) in [6.45, 7) is 0. The van der Waals surface area contributed by atoms with Crippen LogP contribution in [0.4, 0.5) is 4.79 Å². The first-order chi connectivity index (χ1) is 10.1. The van der Waals surface area contributed by atoms with Gasteiger partial charge in [-0.1, -0.05) is 19.3 Å². The van der Waals surface area contributed by atoms with E-state index in [-0.39, 0.29) is 17.6 Å². The van der Waals surface area contributed by atoms with Crippen LogP contribution in [0.1, 0.15) is 70.6 Å². The zero-order valence-electron chi connectivity index (χ0n) is 12.9. The molecule has 0 spiro atoms. The van der Waals surface area contributed by atoms with E-state index in [9.17, 15) is 10.0 Å². The minimum absolute atomic E-state index is 0.233. The van der Waals surface area contributed by atoms with Crippen LogP contribution in [0.2, 0.25) is 0 Å². The van der Waals surface area contributed by atoms with E-state index in [0.717, 1.165) is 54.9 Å². The fourth-order valence-corrected chi connectivity index (χ4v) is 6.02. The van der Waals surface area contributed by atoms with Crippen LogP contribution >= 0.6 is 0 Å². The van der Waals surface area contributed by atoms with E-state index in [1.807, 2.05) is 0 Å². The fraction of sp³-hybridized carbons (Fsp3) is 0.941. The maximum absolute atomic E-state index is 12.5. The molecule has 5 aliphatic carbocycles. The van der Waals surface area contributed by atoms with Crippen LogP contribution in [0.15, 0.2) is 0 Å². The predicted molar refractivity (Wildman–Crippen MR) is 79.9 cm³/mol. The van der Waals surface area contributed by atoms with Gasteiger partial charge in [0.1, 0.15) is 0 Å². The molecule has 0 unspecified atom stereocenters. The molecule has 21 heavy (non-hydrogen) atoms. The van der Waals surface area contributed by atoms with Crippen molar-refractivity contribution in [2.75, 3.05) is 0 Å². The zero-order chi connectivity index (χ0) is 14.4. The first kappa shape index (κ1) is 13.9. The molecule has 0 heterocycles. The number of carbonyl (C=O) groups is 1. The third-order valence-electron chi connectivity index (χ3n) is 6.58. The van der Waals surface area contributed by atoms with Crippen molar-refractivity contribution in [3.05, 3.63) is 0 Å². The van der Waals surface area contributed by atoms with Crippen molar-refractivity contribution in [1.82, 2.24) is 10.4 Å².